The van der Waals surface area contributed by atoms with Crippen LogP contribution in [0.5, 0.6) is 5.75 Å². The van der Waals surface area contributed by atoms with E-state index in [2.05, 4.69) is 31.1 Å². The van der Waals surface area contributed by atoms with E-state index in [4.69, 9.17) is 4.74 Å². The van der Waals surface area contributed by atoms with E-state index in [1.54, 1.807) is 0 Å². The number of ether oxygens (including phenoxy) is 1. The van der Waals surface area contributed by atoms with Crippen LogP contribution in [0.1, 0.15) is 36.6 Å². The van der Waals surface area contributed by atoms with E-state index in [0.29, 0.717) is 13.2 Å². The molecule has 0 amide bonds. The fraction of sp³-hybridized carbons (Fsp3) is 0.227. The van der Waals surface area contributed by atoms with Crippen LogP contribution in [0.2, 0.25) is 0 Å². The van der Waals surface area contributed by atoms with Crippen LogP contribution in [0.25, 0.3) is 10.9 Å². The maximum absolute atomic E-state index is 9.72. The van der Waals surface area contributed by atoms with Gasteiger partial charge in [0.15, 0.2) is 0 Å². The van der Waals surface area contributed by atoms with Crippen LogP contribution in [-0.2, 0) is 13.2 Å². The summed E-state index contributed by atoms with van der Waals surface area (Å²) in [5.74, 6) is 1.04. The molecule has 0 saturated carbocycles. The number of hydrogen-bond acceptors (Lipinski definition) is 2. The monoisotopic (exact) mass is 330 g/mol. The third-order valence-corrected chi connectivity index (χ3v) is 4.29. The molecule has 0 N–H and O–H groups in total. The lowest BCUT2D eigenvalue weighted by molar-refractivity contribution is 0.306. The first-order valence-corrected chi connectivity index (χ1v) is 8.49. The van der Waals surface area contributed by atoms with Crippen molar-refractivity contribution in [2.24, 2.45) is 0 Å². The summed E-state index contributed by atoms with van der Waals surface area (Å²) in [7, 11) is 0. The Morgan fingerprint density at radius 2 is 1.96 bits per heavy atom. The third kappa shape index (κ3) is 3.29. The van der Waals surface area contributed by atoms with Gasteiger partial charge in [0.25, 0.3) is 0 Å². The average molecular weight is 330 g/mol. The average Bonchev–Trinajstić information content (AvgIpc) is 2.94. The van der Waals surface area contributed by atoms with Crippen LogP contribution in [-0.4, -0.2) is 4.57 Å². The Bertz CT molecular complexity index is 930. The standard InChI is InChI=1S/C22H22N2O/c1-4-12-24-21-11-10-18(25-15-17-8-6-5-7-9-17)13-19(21)20(14-23)22(24)16(2)3/h4-11,13,16H,1,12,15H2,2-3H3. The van der Waals surface area contributed by atoms with Gasteiger partial charge in [0.1, 0.15) is 18.4 Å². The van der Waals surface area contributed by atoms with Gasteiger partial charge < -0.3 is 9.30 Å². The molecule has 3 rings (SSSR count). The minimum atomic E-state index is 0.260. The van der Waals surface area contributed by atoms with Gasteiger partial charge in [-0.05, 0) is 29.7 Å². The first kappa shape index (κ1) is 16.9. The maximum atomic E-state index is 9.72. The van der Waals surface area contributed by atoms with Gasteiger partial charge in [-0.3, -0.25) is 0 Å². The predicted molar refractivity (Wildman–Crippen MR) is 102 cm³/mol. The molecule has 126 valence electrons. The highest BCUT2D eigenvalue weighted by Gasteiger charge is 2.19. The molecule has 1 heterocycles. The van der Waals surface area contributed by atoms with Gasteiger partial charge in [0.2, 0.25) is 0 Å². The van der Waals surface area contributed by atoms with Gasteiger partial charge in [-0.1, -0.05) is 50.3 Å². The summed E-state index contributed by atoms with van der Waals surface area (Å²) in [6.45, 7) is 9.28. The second-order valence-electron chi connectivity index (χ2n) is 6.38. The van der Waals surface area contributed by atoms with E-state index in [9.17, 15) is 5.26 Å². The fourth-order valence-corrected chi connectivity index (χ4v) is 3.23. The lowest BCUT2D eigenvalue weighted by atomic mass is 10.0. The Kier molecular flexibility index (Phi) is 4.90. The number of rotatable bonds is 6. The molecule has 0 aliphatic heterocycles. The molecular weight excluding hydrogens is 308 g/mol. The second kappa shape index (κ2) is 7.27. The number of fused-ring (bicyclic) bond motifs is 1. The Morgan fingerprint density at radius 1 is 1.20 bits per heavy atom. The number of benzene rings is 2. The number of aromatic nitrogens is 1. The Hall–Kier alpha value is -2.99. The number of allylic oxidation sites excluding steroid dienone is 1. The van der Waals surface area contributed by atoms with E-state index in [1.807, 2.05) is 54.6 Å². The van der Waals surface area contributed by atoms with Crippen LogP contribution in [0, 0.1) is 11.3 Å². The van der Waals surface area contributed by atoms with Crippen molar-refractivity contribution in [2.75, 3.05) is 0 Å². The second-order valence-corrected chi connectivity index (χ2v) is 6.38. The molecule has 1 aromatic heterocycles. The minimum absolute atomic E-state index is 0.260. The molecule has 3 nitrogen and oxygen atoms in total. The summed E-state index contributed by atoms with van der Waals surface area (Å²) in [5.41, 5.74) is 3.96. The highest BCUT2D eigenvalue weighted by Crippen LogP contribution is 2.33. The van der Waals surface area contributed by atoms with E-state index in [0.717, 1.165) is 33.5 Å². The van der Waals surface area contributed by atoms with Crippen molar-refractivity contribution in [3.05, 3.63) is 78.0 Å². The normalized spacial score (nSPS) is 10.8. The van der Waals surface area contributed by atoms with E-state index < -0.39 is 0 Å². The molecule has 0 radical (unpaired) electrons. The molecule has 0 aliphatic rings. The number of nitriles is 1. The zero-order valence-corrected chi connectivity index (χ0v) is 14.7. The molecule has 0 unspecified atom stereocenters. The molecule has 25 heavy (non-hydrogen) atoms. The highest BCUT2D eigenvalue weighted by atomic mass is 16.5. The van der Waals surface area contributed by atoms with Crippen molar-refractivity contribution in [2.45, 2.75) is 32.9 Å². The predicted octanol–water partition coefficient (Wildman–Crippen LogP) is 5.40. The van der Waals surface area contributed by atoms with Gasteiger partial charge in [0, 0.05) is 17.6 Å². The maximum Gasteiger partial charge on any atom is 0.120 e. The summed E-state index contributed by atoms with van der Waals surface area (Å²) in [6, 6.07) is 18.4. The van der Waals surface area contributed by atoms with E-state index in [-0.39, 0.29) is 5.92 Å². The zero-order chi connectivity index (χ0) is 17.8. The Labute approximate surface area is 148 Å². The topological polar surface area (TPSA) is 38.0 Å². The van der Waals surface area contributed by atoms with Gasteiger partial charge in [0.05, 0.1) is 11.1 Å². The molecule has 0 spiro atoms. The molecule has 0 atom stereocenters. The molecule has 0 saturated heterocycles. The van der Waals surface area contributed by atoms with Crippen molar-refractivity contribution in [3.63, 3.8) is 0 Å². The minimum Gasteiger partial charge on any atom is -0.489 e. The summed E-state index contributed by atoms with van der Waals surface area (Å²) >= 11 is 0. The summed E-state index contributed by atoms with van der Waals surface area (Å²) in [6.07, 6.45) is 1.87. The molecule has 0 bridgehead atoms. The summed E-state index contributed by atoms with van der Waals surface area (Å²) in [4.78, 5) is 0. The first-order valence-electron chi connectivity index (χ1n) is 8.49. The lowest BCUT2D eigenvalue weighted by Gasteiger charge is -2.11. The van der Waals surface area contributed by atoms with Crippen LogP contribution >= 0.6 is 0 Å². The van der Waals surface area contributed by atoms with Gasteiger partial charge in [-0.15, -0.1) is 6.58 Å². The van der Waals surface area contributed by atoms with Crippen molar-refractivity contribution in [1.82, 2.24) is 4.57 Å². The lowest BCUT2D eigenvalue weighted by Crippen LogP contribution is -2.04. The van der Waals surface area contributed by atoms with Crippen molar-refractivity contribution in [3.8, 4) is 11.8 Å². The smallest absolute Gasteiger partial charge is 0.120 e. The molecule has 0 fully saturated rings. The largest absolute Gasteiger partial charge is 0.489 e. The molecule has 3 heteroatoms. The van der Waals surface area contributed by atoms with E-state index in [1.165, 1.54) is 0 Å². The molecular formula is C22H22N2O. The van der Waals surface area contributed by atoms with Crippen molar-refractivity contribution < 1.29 is 4.74 Å². The quantitative estimate of drug-likeness (QED) is 0.567. The summed E-state index contributed by atoms with van der Waals surface area (Å²) < 4.78 is 8.10. The van der Waals surface area contributed by atoms with Crippen LogP contribution in [0.15, 0.2) is 61.2 Å². The van der Waals surface area contributed by atoms with Crippen LogP contribution in [0.4, 0.5) is 0 Å². The SMILES string of the molecule is C=CCn1c(C(C)C)c(C#N)c2cc(OCc3ccccc3)ccc21. The van der Waals surface area contributed by atoms with Gasteiger partial charge in [-0.2, -0.15) is 5.26 Å². The Balaban J connectivity index is 2.02. The van der Waals surface area contributed by atoms with Crippen molar-refractivity contribution >= 4 is 10.9 Å². The van der Waals surface area contributed by atoms with Crippen LogP contribution < -0.4 is 4.74 Å². The molecule has 3 aromatic rings. The van der Waals surface area contributed by atoms with Gasteiger partial charge in [-0.25, -0.2) is 0 Å². The van der Waals surface area contributed by atoms with Gasteiger partial charge >= 0.3 is 0 Å². The molecule has 0 aliphatic carbocycles. The van der Waals surface area contributed by atoms with Crippen molar-refractivity contribution in [1.29, 1.82) is 5.26 Å². The summed E-state index contributed by atoms with van der Waals surface area (Å²) in [5, 5.41) is 10.7. The first-order chi connectivity index (χ1) is 12.2. The third-order valence-electron chi connectivity index (χ3n) is 4.29. The number of hydrogen-bond donors (Lipinski definition) is 0. The van der Waals surface area contributed by atoms with Crippen LogP contribution in [0.3, 0.4) is 0 Å². The molecule has 2 aromatic carbocycles. The highest BCUT2D eigenvalue weighted by molar-refractivity contribution is 5.89. The Morgan fingerprint density at radius 3 is 2.60 bits per heavy atom. The fourth-order valence-electron chi connectivity index (χ4n) is 3.23. The number of nitrogens with zero attached hydrogens (tertiary/aromatic N) is 2. The zero-order valence-electron chi connectivity index (χ0n) is 14.7. The van der Waals surface area contributed by atoms with E-state index >= 15 is 0 Å².